The van der Waals surface area contributed by atoms with E-state index in [2.05, 4.69) is 40.9 Å². The summed E-state index contributed by atoms with van der Waals surface area (Å²) in [5, 5.41) is 0. The molecule has 0 saturated heterocycles. The molecule has 0 aliphatic heterocycles. The van der Waals surface area contributed by atoms with Crippen LogP contribution >= 0.6 is 0 Å². The molecule has 172 valence electrons. The Bertz CT molecular complexity index is 670. The van der Waals surface area contributed by atoms with E-state index in [9.17, 15) is 0 Å². The quantitative estimate of drug-likeness (QED) is 0.227. The summed E-state index contributed by atoms with van der Waals surface area (Å²) in [5.74, 6) is 1.46. The van der Waals surface area contributed by atoms with Crippen molar-refractivity contribution in [3.05, 3.63) is 36.4 Å². The maximum Gasteiger partial charge on any atom is 0.160 e. The summed E-state index contributed by atoms with van der Waals surface area (Å²) < 4.78 is 5.80. The SMILES string of the molecule is CCCCCCCCCCOc1cnc(-c2ccc(CCCCCCCC)nc2)nc1. The van der Waals surface area contributed by atoms with E-state index in [4.69, 9.17) is 4.74 Å². The summed E-state index contributed by atoms with van der Waals surface area (Å²) in [6, 6.07) is 4.19. The Morgan fingerprint density at radius 1 is 0.613 bits per heavy atom. The molecule has 0 radical (unpaired) electrons. The predicted molar refractivity (Wildman–Crippen MR) is 130 cm³/mol. The number of pyridine rings is 1. The molecule has 31 heavy (non-hydrogen) atoms. The summed E-state index contributed by atoms with van der Waals surface area (Å²) >= 11 is 0. The number of rotatable bonds is 18. The Labute approximate surface area is 190 Å². The van der Waals surface area contributed by atoms with Gasteiger partial charge in [-0.3, -0.25) is 4.98 Å². The van der Waals surface area contributed by atoms with Gasteiger partial charge < -0.3 is 4.74 Å². The first kappa shape index (κ1) is 25.3. The maximum atomic E-state index is 5.80. The van der Waals surface area contributed by atoms with Gasteiger partial charge in [0.05, 0.1) is 19.0 Å². The zero-order chi connectivity index (χ0) is 22.0. The van der Waals surface area contributed by atoms with Crippen LogP contribution in [0.3, 0.4) is 0 Å². The first-order valence-electron chi connectivity index (χ1n) is 12.7. The summed E-state index contributed by atoms with van der Waals surface area (Å²) in [6.07, 6.45) is 24.8. The lowest BCUT2D eigenvalue weighted by Crippen LogP contribution is -1.99. The molecule has 0 amide bonds. The van der Waals surface area contributed by atoms with Gasteiger partial charge in [0.15, 0.2) is 11.6 Å². The van der Waals surface area contributed by atoms with Crippen molar-refractivity contribution in [2.75, 3.05) is 6.61 Å². The summed E-state index contributed by atoms with van der Waals surface area (Å²) in [7, 11) is 0. The highest BCUT2D eigenvalue weighted by Gasteiger charge is 2.04. The van der Waals surface area contributed by atoms with Gasteiger partial charge in [-0.05, 0) is 31.4 Å². The summed E-state index contributed by atoms with van der Waals surface area (Å²) in [4.78, 5) is 13.5. The molecular weight excluding hydrogens is 382 g/mol. The van der Waals surface area contributed by atoms with Crippen LogP contribution in [0.4, 0.5) is 0 Å². The Morgan fingerprint density at radius 2 is 1.19 bits per heavy atom. The fourth-order valence-electron chi connectivity index (χ4n) is 3.76. The molecule has 0 atom stereocenters. The summed E-state index contributed by atoms with van der Waals surface area (Å²) in [6.45, 7) is 5.26. The van der Waals surface area contributed by atoms with Crippen molar-refractivity contribution in [2.45, 2.75) is 110 Å². The van der Waals surface area contributed by atoms with Gasteiger partial charge in [-0.15, -0.1) is 0 Å². The van der Waals surface area contributed by atoms with E-state index >= 15 is 0 Å². The maximum absolute atomic E-state index is 5.80. The average molecular weight is 426 g/mol. The normalized spacial score (nSPS) is 11.0. The van der Waals surface area contributed by atoms with Crippen molar-refractivity contribution in [3.63, 3.8) is 0 Å². The minimum Gasteiger partial charge on any atom is -0.490 e. The van der Waals surface area contributed by atoms with Crippen LogP contribution in [-0.4, -0.2) is 21.6 Å². The van der Waals surface area contributed by atoms with Crippen molar-refractivity contribution >= 4 is 0 Å². The lowest BCUT2D eigenvalue weighted by Gasteiger charge is -2.07. The lowest BCUT2D eigenvalue weighted by atomic mass is 10.1. The number of aromatic nitrogens is 3. The minimum atomic E-state index is 0.707. The first-order valence-corrected chi connectivity index (χ1v) is 12.7. The van der Waals surface area contributed by atoms with Crippen LogP contribution in [0.2, 0.25) is 0 Å². The summed E-state index contributed by atoms with van der Waals surface area (Å²) in [5.41, 5.74) is 2.12. The van der Waals surface area contributed by atoms with E-state index in [1.54, 1.807) is 12.4 Å². The van der Waals surface area contributed by atoms with Crippen LogP contribution in [0.5, 0.6) is 5.75 Å². The van der Waals surface area contributed by atoms with Crippen LogP contribution < -0.4 is 4.74 Å². The highest BCUT2D eigenvalue weighted by Crippen LogP contribution is 2.17. The molecule has 0 saturated carbocycles. The second-order valence-corrected chi connectivity index (χ2v) is 8.62. The molecule has 0 spiro atoms. The Balaban J connectivity index is 1.62. The van der Waals surface area contributed by atoms with Gasteiger partial charge in [-0.2, -0.15) is 0 Å². The molecule has 2 aromatic heterocycles. The molecule has 4 nitrogen and oxygen atoms in total. The number of aryl methyl sites for hydroxylation is 1. The second-order valence-electron chi connectivity index (χ2n) is 8.62. The van der Waals surface area contributed by atoms with E-state index in [-0.39, 0.29) is 0 Å². The first-order chi connectivity index (χ1) is 15.3. The van der Waals surface area contributed by atoms with Gasteiger partial charge in [0, 0.05) is 17.5 Å². The number of ether oxygens (including phenoxy) is 1. The van der Waals surface area contributed by atoms with E-state index in [1.165, 1.54) is 83.5 Å². The average Bonchev–Trinajstić information content (AvgIpc) is 2.81. The second kappa shape index (κ2) is 16.7. The van der Waals surface area contributed by atoms with Crippen LogP contribution in [0, 0.1) is 0 Å². The molecule has 2 aromatic rings. The van der Waals surface area contributed by atoms with E-state index in [0.717, 1.165) is 36.5 Å². The molecule has 0 aromatic carbocycles. The topological polar surface area (TPSA) is 47.9 Å². The monoisotopic (exact) mass is 425 g/mol. The molecule has 0 N–H and O–H groups in total. The molecule has 0 fully saturated rings. The number of nitrogens with zero attached hydrogens (tertiary/aromatic N) is 3. The smallest absolute Gasteiger partial charge is 0.160 e. The van der Waals surface area contributed by atoms with Crippen molar-refractivity contribution in [2.24, 2.45) is 0 Å². The van der Waals surface area contributed by atoms with Crippen LogP contribution in [0.25, 0.3) is 11.4 Å². The fourth-order valence-corrected chi connectivity index (χ4v) is 3.76. The van der Waals surface area contributed by atoms with Crippen LogP contribution in [0.15, 0.2) is 30.7 Å². The number of hydrogen-bond donors (Lipinski definition) is 0. The number of hydrogen-bond acceptors (Lipinski definition) is 4. The highest BCUT2D eigenvalue weighted by molar-refractivity contribution is 5.53. The lowest BCUT2D eigenvalue weighted by molar-refractivity contribution is 0.302. The molecule has 2 rings (SSSR count). The van der Waals surface area contributed by atoms with E-state index in [0.29, 0.717) is 5.82 Å². The zero-order valence-corrected chi connectivity index (χ0v) is 20.0. The standard InChI is InChI=1S/C27H43N3O/c1-3-5-7-9-11-12-14-16-20-31-26-22-29-27(30-23-26)24-18-19-25(28-21-24)17-15-13-10-8-6-4-2/h18-19,21-23H,3-17,20H2,1-2H3. The Morgan fingerprint density at radius 3 is 1.77 bits per heavy atom. The Hall–Kier alpha value is -1.97. The van der Waals surface area contributed by atoms with Crippen molar-refractivity contribution in [3.8, 4) is 17.1 Å². The molecule has 0 aliphatic rings. The fraction of sp³-hybridized carbons (Fsp3) is 0.667. The predicted octanol–water partition coefficient (Wildman–Crippen LogP) is 7.96. The highest BCUT2D eigenvalue weighted by atomic mass is 16.5. The Kier molecular flexibility index (Phi) is 13.6. The van der Waals surface area contributed by atoms with E-state index < -0.39 is 0 Å². The van der Waals surface area contributed by atoms with Crippen LogP contribution in [-0.2, 0) is 6.42 Å². The minimum absolute atomic E-state index is 0.707. The molecule has 4 heteroatoms. The zero-order valence-electron chi connectivity index (χ0n) is 20.0. The van der Waals surface area contributed by atoms with Gasteiger partial charge in [0.1, 0.15) is 0 Å². The van der Waals surface area contributed by atoms with Gasteiger partial charge in [0.2, 0.25) is 0 Å². The van der Waals surface area contributed by atoms with Gasteiger partial charge in [0.25, 0.3) is 0 Å². The molecule has 0 bridgehead atoms. The third-order valence-corrected chi connectivity index (χ3v) is 5.76. The van der Waals surface area contributed by atoms with E-state index in [1.807, 2.05) is 6.20 Å². The molecular formula is C27H43N3O. The van der Waals surface area contributed by atoms with Gasteiger partial charge in [-0.1, -0.05) is 90.9 Å². The molecule has 2 heterocycles. The van der Waals surface area contributed by atoms with Crippen molar-refractivity contribution in [1.29, 1.82) is 0 Å². The molecule has 0 unspecified atom stereocenters. The molecule has 0 aliphatic carbocycles. The van der Waals surface area contributed by atoms with Gasteiger partial charge >= 0.3 is 0 Å². The van der Waals surface area contributed by atoms with Crippen LogP contribution in [0.1, 0.15) is 109 Å². The van der Waals surface area contributed by atoms with Gasteiger partial charge in [-0.25, -0.2) is 9.97 Å². The third-order valence-electron chi connectivity index (χ3n) is 5.76. The van der Waals surface area contributed by atoms with Crippen molar-refractivity contribution < 1.29 is 4.74 Å². The number of unbranched alkanes of at least 4 members (excludes halogenated alkanes) is 12. The third kappa shape index (κ3) is 11.3. The van der Waals surface area contributed by atoms with Crippen molar-refractivity contribution in [1.82, 2.24) is 15.0 Å². The largest absolute Gasteiger partial charge is 0.490 e.